The number of hydrogen-bond donors (Lipinski definition) is 1. The van der Waals surface area contributed by atoms with Crippen molar-refractivity contribution in [2.45, 2.75) is 38.6 Å². The number of rotatable bonds is 3. The summed E-state index contributed by atoms with van der Waals surface area (Å²) < 4.78 is 5.30. The minimum Gasteiger partial charge on any atom is -0.381 e. The lowest BCUT2D eigenvalue weighted by molar-refractivity contribution is -0.124. The van der Waals surface area contributed by atoms with Gasteiger partial charge in [0, 0.05) is 31.6 Å². The number of ketones is 1. The fourth-order valence-corrected chi connectivity index (χ4v) is 2.69. The monoisotopic (exact) mass is 211 g/mol. The normalized spacial score (nSPS) is 33.1. The van der Waals surface area contributed by atoms with E-state index in [4.69, 9.17) is 4.74 Å². The second-order valence-corrected chi connectivity index (χ2v) is 4.86. The van der Waals surface area contributed by atoms with Crippen LogP contribution in [0.4, 0.5) is 0 Å². The summed E-state index contributed by atoms with van der Waals surface area (Å²) in [4.78, 5) is 12.0. The average Bonchev–Trinajstić information content (AvgIpc) is 2.66. The Labute approximate surface area is 91.6 Å². The van der Waals surface area contributed by atoms with Crippen molar-refractivity contribution in [1.29, 1.82) is 0 Å². The van der Waals surface area contributed by atoms with Gasteiger partial charge in [-0.05, 0) is 38.6 Å². The lowest BCUT2D eigenvalue weighted by Gasteiger charge is -2.23. The van der Waals surface area contributed by atoms with E-state index in [1.165, 1.54) is 0 Å². The second kappa shape index (κ2) is 5.08. The van der Waals surface area contributed by atoms with Crippen molar-refractivity contribution in [2.75, 3.05) is 19.8 Å². The molecule has 0 aromatic heterocycles. The molecule has 86 valence electrons. The molecule has 1 N–H and O–H groups in total. The Morgan fingerprint density at radius 2 is 2.07 bits per heavy atom. The molecule has 2 heterocycles. The molecule has 2 unspecified atom stereocenters. The van der Waals surface area contributed by atoms with Crippen LogP contribution in [0.25, 0.3) is 0 Å². The molecule has 0 spiro atoms. The molecular formula is C12H21NO2. The predicted octanol–water partition coefficient (Wildman–Crippen LogP) is 1.37. The molecule has 2 aliphatic heterocycles. The van der Waals surface area contributed by atoms with E-state index in [9.17, 15) is 4.79 Å². The maximum Gasteiger partial charge on any atom is 0.137 e. The molecule has 3 nitrogen and oxygen atoms in total. The largest absolute Gasteiger partial charge is 0.381 e. The summed E-state index contributed by atoms with van der Waals surface area (Å²) in [5.74, 6) is 1.33. The van der Waals surface area contributed by atoms with Crippen molar-refractivity contribution in [1.82, 2.24) is 5.32 Å². The summed E-state index contributed by atoms with van der Waals surface area (Å²) in [5.41, 5.74) is 0. The Kier molecular flexibility index (Phi) is 3.76. The average molecular weight is 211 g/mol. The third-order valence-electron chi connectivity index (χ3n) is 3.77. The molecule has 0 aromatic carbocycles. The van der Waals surface area contributed by atoms with Crippen molar-refractivity contribution in [3.05, 3.63) is 0 Å². The van der Waals surface area contributed by atoms with Crippen LogP contribution in [0.3, 0.4) is 0 Å². The molecule has 0 saturated carbocycles. The highest BCUT2D eigenvalue weighted by Gasteiger charge is 2.30. The third kappa shape index (κ3) is 2.79. The molecule has 0 radical (unpaired) electrons. The van der Waals surface area contributed by atoms with E-state index in [1.807, 2.05) is 0 Å². The van der Waals surface area contributed by atoms with Gasteiger partial charge < -0.3 is 10.1 Å². The van der Waals surface area contributed by atoms with Crippen LogP contribution >= 0.6 is 0 Å². The molecule has 0 aromatic rings. The Hall–Kier alpha value is -0.410. The van der Waals surface area contributed by atoms with Gasteiger partial charge in [0.1, 0.15) is 5.78 Å². The molecule has 15 heavy (non-hydrogen) atoms. The first-order valence-electron chi connectivity index (χ1n) is 6.11. The van der Waals surface area contributed by atoms with Gasteiger partial charge in [-0.15, -0.1) is 0 Å². The standard InChI is InChI=1S/C12H21NO2/c1-9-11(2-5-13-9)12(14)8-10-3-6-15-7-4-10/h9-11,13H,2-8H2,1H3. The van der Waals surface area contributed by atoms with Gasteiger partial charge in [0.25, 0.3) is 0 Å². The molecular weight excluding hydrogens is 190 g/mol. The third-order valence-corrected chi connectivity index (χ3v) is 3.77. The molecule has 2 saturated heterocycles. The first-order chi connectivity index (χ1) is 7.27. The van der Waals surface area contributed by atoms with Crippen molar-refractivity contribution in [3.63, 3.8) is 0 Å². The highest BCUT2D eigenvalue weighted by molar-refractivity contribution is 5.82. The van der Waals surface area contributed by atoms with E-state index in [-0.39, 0.29) is 5.92 Å². The second-order valence-electron chi connectivity index (χ2n) is 4.86. The van der Waals surface area contributed by atoms with Crippen LogP contribution in [-0.4, -0.2) is 31.6 Å². The first kappa shape index (κ1) is 11.1. The number of carbonyl (C=O) groups excluding carboxylic acids is 1. The summed E-state index contributed by atoms with van der Waals surface area (Å²) in [6.45, 7) is 4.82. The van der Waals surface area contributed by atoms with Crippen molar-refractivity contribution < 1.29 is 9.53 Å². The van der Waals surface area contributed by atoms with Crippen LogP contribution in [0.5, 0.6) is 0 Å². The number of carbonyl (C=O) groups is 1. The Morgan fingerprint density at radius 1 is 1.33 bits per heavy atom. The number of Topliss-reactive ketones (excluding diaryl/α,β-unsaturated/α-hetero) is 1. The Morgan fingerprint density at radius 3 is 2.67 bits per heavy atom. The van der Waals surface area contributed by atoms with Crippen molar-refractivity contribution >= 4 is 5.78 Å². The lowest BCUT2D eigenvalue weighted by Crippen LogP contribution is -2.30. The number of ether oxygens (including phenoxy) is 1. The SMILES string of the molecule is CC1NCCC1C(=O)CC1CCOCC1. The molecule has 0 amide bonds. The van der Waals surface area contributed by atoms with Crippen LogP contribution in [0.15, 0.2) is 0 Å². The molecule has 3 heteroatoms. The van der Waals surface area contributed by atoms with Crippen LogP contribution in [0.1, 0.15) is 32.6 Å². The summed E-state index contributed by atoms with van der Waals surface area (Å²) in [5, 5.41) is 3.34. The molecule has 0 aliphatic carbocycles. The van der Waals surface area contributed by atoms with Gasteiger partial charge in [-0.1, -0.05) is 0 Å². The van der Waals surface area contributed by atoms with Gasteiger partial charge in [0.15, 0.2) is 0 Å². The smallest absolute Gasteiger partial charge is 0.137 e. The quantitative estimate of drug-likeness (QED) is 0.766. The number of hydrogen-bond acceptors (Lipinski definition) is 3. The van der Waals surface area contributed by atoms with Gasteiger partial charge in [0.2, 0.25) is 0 Å². The zero-order valence-corrected chi connectivity index (χ0v) is 9.50. The maximum absolute atomic E-state index is 12.0. The van der Waals surface area contributed by atoms with Crippen LogP contribution < -0.4 is 5.32 Å². The summed E-state index contributed by atoms with van der Waals surface area (Å²) >= 11 is 0. The van der Waals surface area contributed by atoms with E-state index in [0.717, 1.165) is 45.4 Å². The lowest BCUT2D eigenvalue weighted by atomic mass is 9.87. The summed E-state index contributed by atoms with van der Waals surface area (Å²) in [6, 6.07) is 0.386. The maximum atomic E-state index is 12.0. The molecule has 2 aliphatic rings. The van der Waals surface area contributed by atoms with E-state index < -0.39 is 0 Å². The minimum atomic E-state index is 0.271. The van der Waals surface area contributed by atoms with Gasteiger partial charge in [-0.25, -0.2) is 0 Å². The molecule has 0 bridgehead atoms. The zero-order valence-electron chi connectivity index (χ0n) is 9.50. The highest BCUT2D eigenvalue weighted by atomic mass is 16.5. The predicted molar refractivity (Wildman–Crippen MR) is 58.7 cm³/mol. The topological polar surface area (TPSA) is 38.3 Å². The van der Waals surface area contributed by atoms with Crippen molar-refractivity contribution in [2.24, 2.45) is 11.8 Å². The highest BCUT2D eigenvalue weighted by Crippen LogP contribution is 2.24. The van der Waals surface area contributed by atoms with E-state index >= 15 is 0 Å². The fraction of sp³-hybridized carbons (Fsp3) is 0.917. The van der Waals surface area contributed by atoms with E-state index in [0.29, 0.717) is 17.7 Å². The molecule has 2 fully saturated rings. The zero-order chi connectivity index (χ0) is 10.7. The van der Waals surface area contributed by atoms with E-state index in [2.05, 4.69) is 12.2 Å². The van der Waals surface area contributed by atoms with Crippen molar-refractivity contribution in [3.8, 4) is 0 Å². The molecule has 2 rings (SSSR count). The van der Waals surface area contributed by atoms with Gasteiger partial charge >= 0.3 is 0 Å². The van der Waals surface area contributed by atoms with E-state index in [1.54, 1.807) is 0 Å². The Balaban J connectivity index is 1.80. The number of nitrogens with one attached hydrogen (secondary N) is 1. The minimum absolute atomic E-state index is 0.271. The molecule has 2 atom stereocenters. The summed E-state index contributed by atoms with van der Waals surface area (Å²) in [6.07, 6.45) is 3.95. The Bertz CT molecular complexity index is 224. The van der Waals surface area contributed by atoms with Crippen LogP contribution in [0.2, 0.25) is 0 Å². The van der Waals surface area contributed by atoms with Crippen LogP contribution in [0, 0.1) is 11.8 Å². The van der Waals surface area contributed by atoms with Gasteiger partial charge in [0.05, 0.1) is 0 Å². The fourth-order valence-electron chi connectivity index (χ4n) is 2.69. The van der Waals surface area contributed by atoms with Gasteiger partial charge in [-0.3, -0.25) is 4.79 Å². The first-order valence-corrected chi connectivity index (χ1v) is 6.11. The van der Waals surface area contributed by atoms with Crippen LogP contribution in [-0.2, 0) is 9.53 Å². The summed E-state index contributed by atoms with van der Waals surface area (Å²) in [7, 11) is 0. The van der Waals surface area contributed by atoms with Gasteiger partial charge in [-0.2, -0.15) is 0 Å².